The fourth-order valence-corrected chi connectivity index (χ4v) is 2.36. The predicted octanol–water partition coefficient (Wildman–Crippen LogP) is -0.393. The van der Waals surface area contributed by atoms with Crippen molar-refractivity contribution in [1.82, 2.24) is 20.0 Å². The van der Waals surface area contributed by atoms with Crippen LogP contribution in [-0.4, -0.2) is 85.9 Å². The van der Waals surface area contributed by atoms with Crippen molar-refractivity contribution < 1.29 is 9.59 Å². The molecule has 1 aliphatic heterocycles. The molecule has 1 heterocycles. The summed E-state index contributed by atoms with van der Waals surface area (Å²) in [6.45, 7) is 8.55. The molecule has 6 heteroatoms. The molecule has 0 bridgehead atoms. The van der Waals surface area contributed by atoms with Crippen LogP contribution in [0.15, 0.2) is 0 Å². The van der Waals surface area contributed by atoms with E-state index in [1.54, 1.807) is 19.0 Å². The average Bonchev–Trinajstić information content (AvgIpc) is 2.44. The first kappa shape index (κ1) is 16.9. The Morgan fingerprint density at radius 2 is 1.80 bits per heavy atom. The van der Waals surface area contributed by atoms with Gasteiger partial charge in [-0.3, -0.25) is 19.4 Å². The molecule has 1 aliphatic rings. The lowest BCUT2D eigenvalue weighted by Gasteiger charge is -2.37. The molecule has 6 nitrogen and oxygen atoms in total. The third kappa shape index (κ3) is 5.09. The van der Waals surface area contributed by atoms with Gasteiger partial charge in [-0.15, -0.1) is 0 Å². The minimum Gasteiger partial charge on any atom is -0.355 e. The number of amides is 2. The van der Waals surface area contributed by atoms with Crippen molar-refractivity contribution in [2.24, 2.45) is 0 Å². The summed E-state index contributed by atoms with van der Waals surface area (Å²) in [5, 5.41) is 2.89. The molecule has 20 heavy (non-hydrogen) atoms. The topological polar surface area (TPSA) is 55.9 Å². The van der Waals surface area contributed by atoms with E-state index in [0.29, 0.717) is 6.54 Å². The van der Waals surface area contributed by atoms with E-state index in [2.05, 4.69) is 15.1 Å². The molecular weight excluding hydrogens is 256 g/mol. The number of piperazine rings is 1. The van der Waals surface area contributed by atoms with Gasteiger partial charge in [0.2, 0.25) is 11.8 Å². The third-order valence-corrected chi connectivity index (χ3v) is 3.69. The second kappa shape index (κ2) is 8.21. The highest BCUT2D eigenvalue weighted by molar-refractivity contribution is 5.81. The molecule has 0 aliphatic carbocycles. The summed E-state index contributed by atoms with van der Waals surface area (Å²) in [6, 6.07) is -0.0823. The summed E-state index contributed by atoms with van der Waals surface area (Å²) < 4.78 is 0. The standard InChI is InChI=1S/C14H28N4O2/c1-5-6-15-13(19)11-17-7-9-18(10-8-17)12(2)14(20)16(3)4/h12H,5-11H2,1-4H3,(H,15,19). The zero-order valence-corrected chi connectivity index (χ0v) is 13.2. The maximum Gasteiger partial charge on any atom is 0.239 e. The smallest absolute Gasteiger partial charge is 0.239 e. The van der Waals surface area contributed by atoms with Crippen LogP contribution in [0.2, 0.25) is 0 Å². The number of nitrogens with zero attached hydrogens (tertiary/aromatic N) is 3. The Morgan fingerprint density at radius 3 is 2.30 bits per heavy atom. The second-order valence-corrected chi connectivity index (χ2v) is 5.57. The molecule has 116 valence electrons. The van der Waals surface area contributed by atoms with E-state index < -0.39 is 0 Å². The van der Waals surface area contributed by atoms with Crippen LogP contribution in [0.3, 0.4) is 0 Å². The van der Waals surface area contributed by atoms with Crippen molar-refractivity contribution in [2.75, 3.05) is 53.4 Å². The van der Waals surface area contributed by atoms with E-state index in [1.807, 2.05) is 13.8 Å². The first-order valence-electron chi connectivity index (χ1n) is 7.40. The summed E-state index contributed by atoms with van der Waals surface area (Å²) in [7, 11) is 3.57. The van der Waals surface area contributed by atoms with E-state index >= 15 is 0 Å². The van der Waals surface area contributed by atoms with Crippen LogP contribution in [0.25, 0.3) is 0 Å². The van der Waals surface area contributed by atoms with E-state index in [0.717, 1.165) is 39.1 Å². The van der Waals surface area contributed by atoms with Crippen LogP contribution in [0.4, 0.5) is 0 Å². The molecule has 1 fully saturated rings. The Balaban J connectivity index is 2.32. The fraction of sp³-hybridized carbons (Fsp3) is 0.857. The van der Waals surface area contributed by atoms with Crippen molar-refractivity contribution in [1.29, 1.82) is 0 Å². The molecule has 0 saturated carbocycles. The molecule has 2 amide bonds. The van der Waals surface area contributed by atoms with Crippen LogP contribution >= 0.6 is 0 Å². The van der Waals surface area contributed by atoms with Gasteiger partial charge in [0.1, 0.15) is 0 Å². The Morgan fingerprint density at radius 1 is 1.20 bits per heavy atom. The number of carbonyl (C=O) groups excluding carboxylic acids is 2. The van der Waals surface area contributed by atoms with Crippen LogP contribution in [-0.2, 0) is 9.59 Å². The normalized spacial score (nSPS) is 18.6. The molecule has 1 rings (SSSR count). The van der Waals surface area contributed by atoms with Crippen LogP contribution in [0.5, 0.6) is 0 Å². The van der Waals surface area contributed by atoms with Crippen LogP contribution < -0.4 is 5.32 Å². The van der Waals surface area contributed by atoms with Crippen molar-refractivity contribution in [3.8, 4) is 0 Å². The second-order valence-electron chi connectivity index (χ2n) is 5.57. The molecule has 1 unspecified atom stereocenters. The zero-order valence-electron chi connectivity index (χ0n) is 13.2. The van der Waals surface area contributed by atoms with Gasteiger partial charge in [0, 0.05) is 46.8 Å². The number of hydrogen-bond acceptors (Lipinski definition) is 4. The molecule has 1 saturated heterocycles. The molecule has 1 atom stereocenters. The largest absolute Gasteiger partial charge is 0.355 e. The van der Waals surface area contributed by atoms with Crippen LogP contribution in [0.1, 0.15) is 20.3 Å². The number of rotatable bonds is 6. The average molecular weight is 284 g/mol. The van der Waals surface area contributed by atoms with Crippen molar-refractivity contribution in [3.05, 3.63) is 0 Å². The highest BCUT2D eigenvalue weighted by atomic mass is 16.2. The minimum absolute atomic E-state index is 0.0823. The van der Waals surface area contributed by atoms with E-state index in [9.17, 15) is 9.59 Å². The summed E-state index contributed by atoms with van der Waals surface area (Å²) in [5.74, 6) is 0.233. The highest BCUT2D eigenvalue weighted by Crippen LogP contribution is 2.07. The van der Waals surface area contributed by atoms with Gasteiger partial charge < -0.3 is 10.2 Å². The van der Waals surface area contributed by atoms with E-state index in [-0.39, 0.29) is 17.9 Å². The first-order chi connectivity index (χ1) is 9.45. The quantitative estimate of drug-likeness (QED) is 0.721. The summed E-state index contributed by atoms with van der Waals surface area (Å²) in [6.07, 6.45) is 0.962. The molecule has 0 aromatic rings. The lowest BCUT2D eigenvalue weighted by molar-refractivity contribution is -0.135. The summed E-state index contributed by atoms with van der Waals surface area (Å²) >= 11 is 0. The summed E-state index contributed by atoms with van der Waals surface area (Å²) in [5.41, 5.74) is 0. The number of likely N-dealkylation sites (N-methyl/N-ethyl adjacent to an activating group) is 1. The maximum atomic E-state index is 11.9. The Labute approximate surface area is 122 Å². The highest BCUT2D eigenvalue weighted by Gasteiger charge is 2.26. The molecule has 0 radical (unpaired) electrons. The van der Waals surface area contributed by atoms with Gasteiger partial charge in [-0.05, 0) is 13.3 Å². The first-order valence-corrected chi connectivity index (χ1v) is 7.40. The zero-order chi connectivity index (χ0) is 15.1. The minimum atomic E-state index is -0.0823. The van der Waals surface area contributed by atoms with Gasteiger partial charge in [0.25, 0.3) is 0 Å². The third-order valence-electron chi connectivity index (χ3n) is 3.69. The maximum absolute atomic E-state index is 11.9. The lowest BCUT2D eigenvalue weighted by atomic mass is 10.2. The van der Waals surface area contributed by atoms with Crippen molar-refractivity contribution in [3.63, 3.8) is 0 Å². The molecule has 1 N–H and O–H groups in total. The Kier molecular flexibility index (Phi) is 6.95. The summed E-state index contributed by atoms with van der Waals surface area (Å²) in [4.78, 5) is 29.5. The van der Waals surface area contributed by atoms with Crippen molar-refractivity contribution >= 4 is 11.8 Å². The van der Waals surface area contributed by atoms with E-state index in [1.165, 1.54) is 0 Å². The van der Waals surface area contributed by atoms with Gasteiger partial charge >= 0.3 is 0 Å². The lowest BCUT2D eigenvalue weighted by Crippen LogP contribution is -2.54. The Hall–Kier alpha value is -1.14. The van der Waals surface area contributed by atoms with E-state index in [4.69, 9.17) is 0 Å². The molecule has 0 spiro atoms. The monoisotopic (exact) mass is 284 g/mol. The van der Waals surface area contributed by atoms with Gasteiger partial charge in [-0.2, -0.15) is 0 Å². The number of hydrogen-bond donors (Lipinski definition) is 1. The molecule has 0 aromatic heterocycles. The fourth-order valence-electron chi connectivity index (χ4n) is 2.36. The number of nitrogens with one attached hydrogen (secondary N) is 1. The molecular formula is C14H28N4O2. The Bertz CT molecular complexity index is 325. The predicted molar refractivity (Wildman–Crippen MR) is 79.5 cm³/mol. The van der Waals surface area contributed by atoms with Gasteiger partial charge in [0.15, 0.2) is 0 Å². The van der Waals surface area contributed by atoms with Gasteiger partial charge in [-0.25, -0.2) is 0 Å². The van der Waals surface area contributed by atoms with Gasteiger partial charge in [0.05, 0.1) is 12.6 Å². The van der Waals surface area contributed by atoms with Gasteiger partial charge in [-0.1, -0.05) is 6.92 Å². The molecule has 0 aromatic carbocycles. The number of carbonyl (C=O) groups is 2. The SMILES string of the molecule is CCCNC(=O)CN1CCN(C(C)C(=O)N(C)C)CC1. The van der Waals surface area contributed by atoms with Crippen LogP contribution in [0, 0.1) is 0 Å². The van der Waals surface area contributed by atoms with Crippen molar-refractivity contribution in [2.45, 2.75) is 26.3 Å².